The normalized spacial score (nSPS) is 18.6. The zero-order chi connectivity index (χ0) is 13.2. The Kier molecular flexibility index (Phi) is 3.53. The second kappa shape index (κ2) is 4.95. The van der Waals surface area contributed by atoms with Gasteiger partial charge in [-0.25, -0.2) is 0 Å². The molecule has 1 aromatic heterocycles. The zero-order valence-electron chi connectivity index (χ0n) is 10.3. The van der Waals surface area contributed by atoms with Crippen molar-refractivity contribution >= 4 is 11.7 Å². The van der Waals surface area contributed by atoms with Crippen molar-refractivity contribution in [2.45, 2.75) is 18.4 Å². The lowest BCUT2D eigenvalue weighted by atomic mass is 9.94. The van der Waals surface area contributed by atoms with Gasteiger partial charge in [0.2, 0.25) is 0 Å². The highest BCUT2D eigenvalue weighted by Crippen LogP contribution is 2.21. The molecular formula is C11H18N4O3. The molecule has 1 fully saturated rings. The minimum atomic E-state index is -0.867. The van der Waals surface area contributed by atoms with E-state index in [1.807, 2.05) is 0 Å². The molecule has 1 aliphatic rings. The van der Waals surface area contributed by atoms with E-state index in [1.165, 1.54) is 11.0 Å². The first-order valence-corrected chi connectivity index (χ1v) is 5.87. The van der Waals surface area contributed by atoms with E-state index in [2.05, 4.69) is 10.2 Å². The van der Waals surface area contributed by atoms with E-state index >= 15 is 0 Å². The Hall–Kier alpha value is -1.60. The Morgan fingerprint density at radius 1 is 1.67 bits per heavy atom. The van der Waals surface area contributed by atoms with Crippen molar-refractivity contribution in [2.24, 2.45) is 0 Å². The van der Waals surface area contributed by atoms with Gasteiger partial charge in [0.1, 0.15) is 11.5 Å². The van der Waals surface area contributed by atoms with Crippen molar-refractivity contribution in [2.75, 3.05) is 32.5 Å². The van der Waals surface area contributed by atoms with E-state index in [4.69, 9.17) is 10.5 Å². The molecule has 4 N–H and O–H groups in total. The summed E-state index contributed by atoms with van der Waals surface area (Å²) in [5, 5.41) is 16.6. The van der Waals surface area contributed by atoms with Crippen LogP contribution in [0, 0.1) is 0 Å². The molecule has 18 heavy (non-hydrogen) atoms. The van der Waals surface area contributed by atoms with Gasteiger partial charge in [-0.05, 0) is 0 Å². The number of hydrogen-bond acceptors (Lipinski definition) is 5. The van der Waals surface area contributed by atoms with Crippen molar-refractivity contribution in [1.82, 2.24) is 15.1 Å². The predicted molar refractivity (Wildman–Crippen MR) is 65.0 cm³/mol. The molecule has 7 heteroatoms. The quantitative estimate of drug-likeness (QED) is 0.681. The number of nitrogens with two attached hydrogens (primary N) is 1. The number of hydrogen-bond donors (Lipinski definition) is 3. The van der Waals surface area contributed by atoms with Crippen LogP contribution in [0.15, 0.2) is 6.07 Å². The van der Waals surface area contributed by atoms with Crippen LogP contribution < -0.4 is 5.73 Å². The lowest BCUT2D eigenvalue weighted by molar-refractivity contribution is -0.0734. The van der Waals surface area contributed by atoms with Gasteiger partial charge in [-0.3, -0.25) is 9.89 Å². The maximum atomic E-state index is 12.0. The van der Waals surface area contributed by atoms with Gasteiger partial charge < -0.3 is 20.5 Å². The van der Waals surface area contributed by atoms with Crippen LogP contribution in [-0.2, 0) is 4.74 Å². The number of rotatable bonds is 3. The summed E-state index contributed by atoms with van der Waals surface area (Å²) in [7, 11) is 1.65. The Morgan fingerprint density at radius 3 is 2.89 bits per heavy atom. The molecule has 0 aromatic carbocycles. The third-order valence-electron chi connectivity index (χ3n) is 3.13. The van der Waals surface area contributed by atoms with Gasteiger partial charge in [-0.2, -0.15) is 5.10 Å². The molecule has 0 spiro atoms. The Labute approximate surface area is 105 Å². The van der Waals surface area contributed by atoms with Gasteiger partial charge in [-0.15, -0.1) is 0 Å². The minimum Gasteiger partial charge on any atom is -0.388 e. The molecule has 1 saturated heterocycles. The van der Waals surface area contributed by atoms with Crippen molar-refractivity contribution < 1.29 is 14.6 Å². The summed E-state index contributed by atoms with van der Waals surface area (Å²) in [5.74, 6) is 0.0376. The van der Waals surface area contributed by atoms with Crippen LogP contribution in [0.2, 0.25) is 0 Å². The van der Waals surface area contributed by atoms with E-state index < -0.39 is 5.60 Å². The number of aliphatic hydroxyl groups is 1. The molecule has 0 atom stereocenters. The number of anilines is 1. The van der Waals surface area contributed by atoms with Crippen molar-refractivity contribution in [3.8, 4) is 0 Å². The first-order chi connectivity index (χ1) is 8.50. The lowest BCUT2D eigenvalue weighted by Gasteiger charge is -2.35. The molecule has 2 rings (SSSR count). The van der Waals surface area contributed by atoms with Gasteiger partial charge in [0.15, 0.2) is 0 Å². The number of aromatic amines is 1. The average molecular weight is 254 g/mol. The van der Waals surface area contributed by atoms with Gasteiger partial charge in [0, 0.05) is 45.7 Å². The smallest absolute Gasteiger partial charge is 0.271 e. The molecule has 0 bridgehead atoms. The van der Waals surface area contributed by atoms with Crippen LogP contribution in [0.5, 0.6) is 0 Å². The fourth-order valence-corrected chi connectivity index (χ4v) is 2.08. The highest BCUT2D eigenvalue weighted by Gasteiger charge is 2.32. The molecule has 0 unspecified atom stereocenters. The summed E-state index contributed by atoms with van der Waals surface area (Å²) >= 11 is 0. The number of nitrogens with one attached hydrogen (secondary N) is 1. The largest absolute Gasteiger partial charge is 0.388 e. The predicted octanol–water partition coefficient (Wildman–Crippen LogP) is -0.395. The minimum absolute atomic E-state index is 0.237. The van der Waals surface area contributed by atoms with Crippen molar-refractivity contribution in [3.63, 3.8) is 0 Å². The van der Waals surface area contributed by atoms with Crippen LogP contribution in [0.4, 0.5) is 5.82 Å². The highest BCUT2D eigenvalue weighted by atomic mass is 16.5. The fraction of sp³-hybridized carbons (Fsp3) is 0.636. The monoisotopic (exact) mass is 254 g/mol. The SMILES string of the molecule is CN(CC1(O)CCOCC1)C(=O)c1cc(N)n[nH]1. The maximum absolute atomic E-state index is 12.0. The average Bonchev–Trinajstić information content (AvgIpc) is 2.75. The summed E-state index contributed by atoms with van der Waals surface area (Å²) in [6, 6.07) is 1.48. The van der Waals surface area contributed by atoms with E-state index in [0.717, 1.165) is 0 Å². The zero-order valence-corrected chi connectivity index (χ0v) is 10.3. The maximum Gasteiger partial charge on any atom is 0.271 e. The summed E-state index contributed by atoms with van der Waals surface area (Å²) in [6.45, 7) is 1.32. The summed E-state index contributed by atoms with van der Waals surface area (Å²) < 4.78 is 5.20. The van der Waals surface area contributed by atoms with E-state index in [0.29, 0.717) is 31.7 Å². The first-order valence-electron chi connectivity index (χ1n) is 5.87. The molecule has 7 nitrogen and oxygen atoms in total. The third kappa shape index (κ3) is 2.80. The molecule has 2 heterocycles. The Bertz CT molecular complexity index is 426. The van der Waals surface area contributed by atoms with Gasteiger partial charge in [0.25, 0.3) is 5.91 Å². The standard InChI is InChI=1S/C11H18N4O3/c1-15(7-11(17)2-4-18-5-3-11)10(16)8-6-9(12)14-13-8/h6,17H,2-5,7H2,1H3,(H3,12,13,14). The molecule has 1 aromatic rings. The number of nitrogens with zero attached hydrogens (tertiary/aromatic N) is 2. The number of aromatic nitrogens is 2. The van der Waals surface area contributed by atoms with Gasteiger partial charge in [-0.1, -0.05) is 0 Å². The third-order valence-corrected chi connectivity index (χ3v) is 3.13. The lowest BCUT2D eigenvalue weighted by Crippen LogP contribution is -2.47. The number of ether oxygens (including phenoxy) is 1. The van der Waals surface area contributed by atoms with E-state index in [9.17, 15) is 9.90 Å². The second-order valence-electron chi connectivity index (χ2n) is 4.70. The number of nitrogen functional groups attached to an aromatic ring is 1. The molecule has 1 amide bonds. The van der Waals surface area contributed by atoms with Crippen LogP contribution in [0.3, 0.4) is 0 Å². The number of likely N-dealkylation sites (N-methyl/N-ethyl adjacent to an activating group) is 1. The van der Waals surface area contributed by atoms with Gasteiger partial charge in [0.05, 0.1) is 5.60 Å². The highest BCUT2D eigenvalue weighted by molar-refractivity contribution is 5.92. The molecule has 100 valence electrons. The number of H-pyrrole nitrogens is 1. The second-order valence-corrected chi connectivity index (χ2v) is 4.70. The van der Waals surface area contributed by atoms with Crippen molar-refractivity contribution in [1.29, 1.82) is 0 Å². The molecule has 0 radical (unpaired) electrons. The first kappa shape index (κ1) is 12.8. The Balaban J connectivity index is 1.98. The van der Waals surface area contributed by atoms with E-state index in [-0.39, 0.29) is 18.3 Å². The Morgan fingerprint density at radius 2 is 2.33 bits per heavy atom. The number of amides is 1. The molecule has 0 aliphatic carbocycles. The van der Waals surface area contributed by atoms with Crippen molar-refractivity contribution in [3.05, 3.63) is 11.8 Å². The topological polar surface area (TPSA) is 104 Å². The molecule has 1 aliphatic heterocycles. The summed E-state index contributed by atoms with van der Waals surface area (Å²) in [6.07, 6.45) is 1.07. The fourth-order valence-electron chi connectivity index (χ4n) is 2.08. The summed E-state index contributed by atoms with van der Waals surface area (Å²) in [4.78, 5) is 13.5. The molecule has 0 saturated carbocycles. The summed E-state index contributed by atoms with van der Waals surface area (Å²) in [5.41, 5.74) is 4.91. The van der Waals surface area contributed by atoms with Crippen LogP contribution >= 0.6 is 0 Å². The van der Waals surface area contributed by atoms with E-state index in [1.54, 1.807) is 7.05 Å². The van der Waals surface area contributed by atoms with Gasteiger partial charge >= 0.3 is 0 Å². The number of carbonyl (C=O) groups is 1. The van der Waals surface area contributed by atoms with Crippen LogP contribution in [-0.4, -0.2) is 58.5 Å². The van der Waals surface area contributed by atoms with Crippen LogP contribution in [0.1, 0.15) is 23.3 Å². The van der Waals surface area contributed by atoms with Crippen LogP contribution in [0.25, 0.3) is 0 Å². The number of carbonyl (C=O) groups excluding carboxylic acids is 1. The molecular weight excluding hydrogens is 236 g/mol.